The van der Waals surface area contributed by atoms with Crippen molar-refractivity contribution in [1.82, 2.24) is 20.4 Å². The summed E-state index contributed by atoms with van der Waals surface area (Å²) in [6.45, 7) is 4.44. The minimum atomic E-state index is -4.51. The van der Waals surface area contributed by atoms with E-state index in [1.807, 2.05) is 6.92 Å². The number of hydrogen-bond donors (Lipinski definition) is 1. The molecule has 0 aliphatic heterocycles. The van der Waals surface area contributed by atoms with Crippen molar-refractivity contribution in [1.29, 1.82) is 0 Å². The Morgan fingerprint density at radius 1 is 1.31 bits per heavy atom. The van der Waals surface area contributed by atoms with Gasteiger partial charge in [-0.25, -0.2) is 0 Å². The van der Waals surface area contributed by atoms with Crippen LogP contribution in [0, 0.1) is 12.8 Å². The Morgan fingerprint density at radius 2 is 2.03 bits per heavy atom. The van der Waals surface area contributed by atoms with E-state index in [0.717, 1.165) is 39.0 Å². The number of halogens is 3. The molecule has 174 valence electrons. The fourth-order valence-electron chi connectivity index (χ4n) is 3.89. The van der Waals surface area contributed by atoms with Crippen molar-refractivity contribution >= 4 is 5.91 Å². The Kier molecular flexibility index (Phi) is 5.89. The summed E-state index contributed by atoms with van der Waals surface area (Å²) in [6, 6.07) is 1.31. The summed E-state index contributed by atoms with van der Waals surface area (Å²) in [7, 11) is 0. The molecule has 2 aromatic rings. The van der Waals surface area contributed by atoms with Crippen LogP contribution in [-0.2, 0) is 5.54 Å². The Bertz CT molecular complexity index is 985. The lowest BCUT2D eigenvalue weighted by Crippen LogP contribution is -2.45. The van der Waals surface area contributed by atoms with Gasteiger partial charge in [-0.1, -0.05) is 24.4 Å². The minimum Gasteiger partial charge on any atom is -0.481 e. The van der Waals surface area contributed by atoms with Crippen molar-refractivity contribution in [2.24, 2.45) is 5.92 Å². The van der Waals surface area contributed by atoms with E-state index in [9.17, 15) is 18.0 Å². The average molecular weight is 452 g/mol. The first-order valence-corrected chi connectivity index (χ1v) is 10.9. The summed E-state index contributed by atoms with van der Waals surface area (Å²) >= 11 is 0. The second-order valence-corrected chi connectivity index (χ2v) is 9.11. The molecule has 2 fully saturated rings. The molecule has 2 atom stereocenters. The molecule has 0 saturated heterocycles. The van der Waals surface area contributed by atoms with E-state index >= 15 is 0 Å². The van der Waals surface area contributed by atoms with Gasteiger partial charge in [0.2, 0.25) is 5.89 Å². The molecule has 2 aliphatic carbocycles. The Hall–Kier alpha value is -2.65. The summed E-state index contributed by atoms with van der Waals surface area (Å²) in [5, 5.41) is 6.92. The highest BCUT2D eigenvalue weighted by molar-refractivity contribution is 5.93. The molecular weight excluding hydrogens is 425 g/mol. The number of ether oxygens (including phenoxy) is 1. The molecule has 32 heavy (non-hydrogen) atoms. The first kappa shape index (κ1) is 22.5. The van der Waals surface area contributed by atoms with Crippen LogP contribution in [0.5, 0.6) is 5.75 Å². The topological polar surface area (TPSA) is 90.1 Å². The zero-order valence-corrected chi connectivity index (χ0v) is 18.3. The van der Waals surface area contributed by atoms with Crippen molar-refractivity contribution in [2.45, 2.75) is 83.0 Å². The van der Waals surface area contributed by atoms with Crippen LogP contribution < -0.4 is 10.1 Å². The third-order valence-corrected chi connectivity index (χ3v) is 6.24. The maximum absolute atomic E-state index is 13.1. The Balaban J connectivity index is 1.60. The van der Waals surface area contributed by atoms with Crippen molar-refractivity contribution in [3.8, 4) is 5.75 Å². The fourth-order valence-corrected chi connectivity index (χ4v) is 3.89. The molecule has 0 radical (unpaired) electrons. The highest BCUT2D eigenvalue weighted by atomic mass is 19.4. The lowest BCUT2D eigenvalue weighted by atomic mass is 9.80. The van der Waals surface area contributed by atoms with Gasteiger partial charge in [-0.2, -0.15) is 18.2 Å². The average Bonchev–Trinajstić information content (AvgIpc) is 3.36. The molecule has 0 bridgehead atoms. The number of amides is 1. The number of aryl methyl sites for hydroxylation is 1. The van der Waals surface area contributed by atoms with Crippen LogP contribution in [0.3, 0.4) is 0 Å². The molecule has 0 aromatic carbocycles. The number of nitrogens with one attached hydrogen (secondary N) is 1. The van der Waals surface area contributed by atoms with Gasteiger partial charge in [0.05, 0.1) is 0 Å². The van der Waals surface area contributed by atoms with E-state index in [-0.39, 0.29) is 17.4 Å². The molecule has 7 nitrogen and oxygen atoms in total. The van der Waals surface area contributed by atoms with Gasteiger partial charge >= 0.3 is 6.18 Å². The van der Waals surface area contributed by atoms with E-state index in [0.29, 0.717) is 29.6 Å². The van der Waals surface area contributed by atoms with Crippen molar-refractivity contribution in [3.63, 3.8) is 0 Å². The second-order valence-electron chi connectivity index (χ2n) is 9.11. The molecule has 10 heteroatoms. The summed E-state index contributed by atoms with van der Waals surface area (Å²) in [5.41, 5.74) is -0.289. The highest BCUT2D eigenvalue weighted by Gasteiger charge is 2.41. The van der Waals surface area contributed by atoms with Crippen molar-refractivity contribution in [3.05, 3.63) is 35.2 Å². The molecule has 2 heterocycles. The number of alkyl halides is 3. The second kappa shape index (κ2) is 8.37. The maximum atomic E-state index is 13.1. The number of pyridine rings is 1. The molecular formula is C22H27F3N4O3. The molecule has 0 spiro atoms. The van der Waals surface area contributed by atoms with E-state index in [1.54, 1.807) is 6.92 Å². The summed E-state index contributed by atoms with van der Waals surface area (Å²) in [5.74, 6) is 0.816. The SMILES string of the molecule is Cc1nc(C(C)(CC2CC2)NC(=O)c2cc(O[C@@H](C)C(F)(F)F)c(C3CCC3)cn2)no1. The molecule has 4 rings (SSSR count). The highest BCUT2D eigenvalue weighted by Crippen LogP contribution is 2.42. The van der Waals surface area contributed by atoms with Gasteiger partial charge in [0.15, 0.2) is 11.9 Å². The van der Waals surface area contributed by atoms with Crippen molar-refractivity contribution < 1.29 is 27.2 Å². The lowest BCUT2D eigenvalue weighted by Gasteiger charge is -2.30. The number of carbonyl (C=O) groups is 1. The largest absolute Gasteiger partial charge is 0.481 e. The van der Waals surface area contributed by atoms with Crippen LogP contribution in [0.4, 0.5) is 13.2 Å². The predicted octanol–water partition coefficient (Wildman–Crippen LogP) is 4.82. The lowest BCUT2D eigenvalue weighted by molar-refractivity contribution is -0.189. The van der Waals surface area contributed by atoms with Crippen molar-refractivity contribution in [2.75, 3.05) is 0 Å². The van der Waals surface area contributed by atoms with Crippen LogP contribution in [0.2, 0.25) is 0 Å². The van der Waals surface area contributed by atoms with E-state index < -0.39 is 23.7 Å². The first-order chi connectivity index (χ1) is 15.0. The number of rotatable bonds is 8. The fraction of sp³-hybridized carbons (Fsp3) is 0.636. The zero-order valence-electron chi connectivity index (χ0n) is 18.3. The van der Waals surface area contributed by atoms with Crippen LogP contribution in [0.1, 0.15) is 86.1 Å². The maximum Gasteiger partial charge on any atom is 0.425 e. The molecule has 2 aromatic heterocycles. The van der Waals surface area contributed by atoms with Crippen LogP contribution in [-0.4, -0.2) is 33.3 Å². The van der Waals surface area contributed by atoms with Gasteiger partial charge in [0.1, 0.15) is 17.0 Å². The number of hydrogen-bond acceptors (Lipinski definition) is 6. The van der Waals surface area contributed by atoms with Gasteiger partial charge in [0.25, 0.3) is 5.91 Å². The number of carbonyl (C=O) groups excluding carboxylic acids is 1. The van der Waals surface area contributed by atoms with E-state index in [1.165, 1.54) is 12.3 Å². The molecule has 1 amide bonds. The summed E-state index contributed by atoms with van der Waals surface area (Å²) < 4.78 is 49.7. The van der Waals surface area contributed by atoms with E-state index in [4.69, 9.17) is 9.26 Å². The van der Waals surface area contributed by atoms with Gasteiger partial charge in [-0.05, 0) is 44.9 Å². The van der Waals surface area contributed by atoms with Crippen LogP contribution in [0.25, 0.3) is 0 Å². The standard InChI is InChI=1S/C22H27F3N4O3/c1-12(22(23,24)25)31-18-9-17(26-11-16(18)15-5-4-6-15)19(30)28-21(3,10-14-7-8-14)20-27-13(2)32-29-20/h9,11-12,14-15H,4-8,10H2,1-3H3,(H,28,30)/t12-,21?/m0/s1. The van der Waals surface area contributed by atoms with E-state index in [2.05, 4.69) is 20.4 Å². The number of nitrogens with zero attached hydrogens (tertiary/aromatic N) is 3. The van der Waals surface area contributed by atoms with Gasteiger partial charge in [0, 0.05) is 24.8 Å². The molecule has 1 N–H and O–H groups in total. The molecule has 1 unspecified atom stereocenters. The third-order valence-electron chi connectivity index (χ3n) is 6.24. The molecule has 2 saturated carbocycles. The third kappa shape index (κ3) is 4.88. The summed E-state index contributed by atoms with van der Waals surface area (Å²) in [4.78, 5) is 21.6. The van der Waals surface area contributed by atoms with Gasteiger partial charge < -0.3 is 14.6 Å². The smallest absolute Gasteiger partial charge is 0.425 e. The normalized spacial score (nSPS) is 19.7. The predicted molar refractivity (Wildman–Crippen MR) is 108 cm³/mol. The quantitative estimate of drug-likeness (QED) is 0.618. The van der Waals surface area contributed by atoms with Gasteiger partial charge in [-0.15, -0.1) is 0 Å². The van der Waals surface area contributed by atoms with Gasteiger partial charge in [-0.3, -0.25) is 9.78 Å². The Morgan fingerprint density at radius 3 is 2.56 bits per heavy atom. The minimum absolute atomic E-state index is 0.0142. The molecule has 2 aliphatic rings. The first-order valence-electron chi connectivity index (χ1n) is 10.9. The van der Waals surface area contributed by atoms with Crippen LogP contribution >= 0.6 is 0 Å². The number of aromatic nitrogens is 3. The summed E-state index contributed by atoms with van der Waals surface area (Å²) in [6.07, 6.45) is 0.435. The Labute approximate surface area is 184 Å². The van der Waals surface area contributed by atoms with Crippen LogP contribution in [0.15, 0.2) is 16.8 Å². The zero-order chi connectivity index (χ0) is 23.1. The monoisotopic (exact) mass is 452 g/mol.